The Morgan fingerprint density at radius 1 is 1.46 bits per heavy atom. The molecule has 0 aliphatic carbocycles. The van der Waals surface area contributed by atoms with Crippen molar-refractivity contribution in [2.45, 2.75) is 0 Å². The Bertz CT molecular complexity index is 453. The van der Waals surface area contributed by atoms with Crippen molar-refractivity contribution in [1.29, 1.82) is 0 Å². The van der Waals surface area contributed by atoms with Crippen molar-refractivity contribution in [2.75, 3.05) is 7.11 Å². The van der Waals surface area contributed by atoms with Gasteiger partial charge in [0.05, 0.1) is 13.4 Å². The highest BCUT2D eigenvalue weighted by molar-refractivity contribution is 5.75. The molecule has 5 nitrogen and oxygen atoms in total. The van der Waals surface area contributed by atoms with Gasteiger partial charge >= 0.3 is 6.08 Å². The lowest BCUT2D eigenvalue weighted by molar-refractivity contribution is 0.387. The summed E-state index contributed by atoms with van der Waals surface area (Å²) in [5.41, 5.74) is 0.885. The van der Waals surface area contributed by atoms with Gasteiger partial charge in [-0.1, -0.05) is 0 Å². The normalized spacial score (nSPS) is 10.7. The summed E-state index contributed by atoms with van der Waals surface area (Å²) in [6, 6.07) is 0. The molecule has 0 aliphatic heterocycles. The molecule has 0 atom stereocenters. The largest absolute Gasteiger partial charge is 0.479 e. The first-order chi connectivity index (χ1) is 6.22. The van der Waals surface area contributed by atoms with Crippen molar-refractivity contribution in [3.8, 4) is 5.88 Å². The van der Waals surface area contributed by atoms with E-state index in [9.17, 15) is 4.39 Å². The molecule has 0 saturated heterocycles. The zero-order valence-corrected chi connectivity index (χ0v) is 7.15. The Morgan fingerprint density at radius 2 is 2.23 bits per heavy atom. The van der Waals surface area contributed by atoms with E-state index in [0.717, 1.165) is 0 Å². The number of nitrogens with zero attached hydrogens (tertiary/aromatic N) is 4. The number of methoxy groups -OCH3 is 1. The van der Waals surface area contributed by atoms with E-state index in [4.69, 9.17) is 4.74 Å². The van der Waals surface area contributed by atoms with Gasteiger partial charge in [0.1, 0.15) is 0 Å². The smallest absolute Gasteiger partial charge is 0.314 e. The molecule has 0 unspecified atom stereocenters. The minimum Gasteiger partial charge on any atom is -0.479 e. The minimum absolute atomic E-state index is 0.156. The lowest BCUT2D eigenvalue weighted by atomic mass is 10.5. The number of hydrogen-bond donors (Lipinski definition) is 0. The summed E-state index contributed by atoms with van der Waals surface area (Å²) >= 11 is 0. The van der Waals surface area contributed by atoms with Crippen LogP contribution in [0.15, 0.2) is 6.33 Å². The summed E-state index contributed by atoms with van der Waals surface area (Å²) in [5.74, 6) is 0.156. The summed E-state index contributed by atoms with van der Waals surface area (Å²) in [7, 11) is 3.14. The topological polar surface area (TPSA) is 52.8 Å². The fourth-order valence-electron chi connectivity index (χ4n) is 1.10. The highest BCUT2D eigenvalue weighted by Crippen LogP contribution is 2.18. The van der Waals surface area contributed by atoms with Gasteiger partial charge in [-0.25, -0.2) is 4.98 Å². The van der Waals surface area contributed by atoms with Gasteiger partial charge in [-0.15, -0.1) is 0 Å². The molecule has 0 bridgehead atoms. The second-order valence-corrected chi connectivity index (χ2v) is 2.53. The fraction of sp³-hybridized carbons (Fsp3) is 0.286. The molecular formula is C7H7FN4O. The molecule has 0 spiro atoms. The summed E-state index contributed by atoms with van der Waals surface area (Å²) < 4.78 is 19.3. The molecule has 0 aromatic carbocycles. The maximum atomic E-state index is 12.8. The zero-order chi connectivity index (χ0) is 9.42. The number of imidazole rings is 1. The SMILES string of the molecule is COc1nc(F)nc2c1ncn2C. The molecule has 0 aliphatic rings. The van der Waals surface area contributed by atoms with E-state index in [1.165, 1.54) is 13.4 Å². The number of halogens is 1. The van der Waals surface area contributed by atoms with Crippen LogP contribution in [0.1, 0.15) is 0 Å². The van der Waals surface area contributed by atoms with Crippen molar-refractivity contribution in [1.82, 2.24) is 19.5 Å². The van der Waals surface area contributed by atoms with E-state index in [2.05, 4.69) is 15.0 Å². The maximum Gasteiger partial charge on any atom is 0.314 e. The Morgan fingerprint density at radius 3 is 2.92 bits per heavy atom. The van der Waals surface area contributed by atoms with E-state index in [0.29, 0.717) is 11.2 Å². The molecule has 0 radical (unpaired) electrons. The van der Waals surface area contributed by atoms with Gasteiger partial charge < -0.3 is 9.30 Å². The third kappa shape index (κ3) is 1.10. The zero-order valence-electron chi connectivity index (χ0n) is 7.15. The third-order valence-electron chi connectivity index (χ3n) is 1.69. The summed E-state index contributed by atoms with van der Waals surface area (Å²) in [6.07, 6.45) is 0.717. The van der Waals surface area contributed by atoms with Crippen LogP contribution in [0.25, 0.3) is 11.2 Å². The van der Waals surface area contributed by atoms with Crippen LogP contribution in [0, 0.1) is 6.08 Å². The van der Waals surface area contributed by atoms with Crippen LogP contribution >= 0.6 is 0 Å². The van der Waals surface area contributed by atoms with Crippen LogP contribution in [-0.2, 0) is 7.05 Å². The van der Waals surface area contributed by atoms with Gasteiger partial charge in [0.15, 0.2) is 11.2 Å². The van der Waals surface area contributed by atoms with Crippen molar-refractivity contribution in [3.05, 3.63) is 12.4 Å². The molecule has 0 amide bonds. The van der Waals surface area contributed by atoms with Gasteiger partial charge in [-0.3, -0.25) is 0 Å². The van der Waals surface area contributed by atoms with Crippen LogP contribution in [0.4, 0.5) is 4.39 Å². The van der Waals surface area contributed by atoms with Gasteiger partial charge in [-0.05, 0) is 0 Å². The van der Waals surface area contributed by atoms with E-state index in [1.807, 2.05) is 0 Å². The van der Waals surface area contributed by atoms with Crippen LogP contribution in [0.3, 0.4) is 0 Å². The number of ether oxygens (including phenoxy) is 1. The number of rotatable bonds is 1. The molecule has 0 saturated carbocycles. The van der Waals surface area contributed by atoms with Crippen molar-refractivity contribution in [3.63, 3.8) is 0 Å². The third-order valence-corrected chi connectivity index (χ3v) is 1.69. The number of hydrogen-bond acceptors (Lipinski definition) is 4. The Labute approximate surface area is 73.2 Å². The monoisotopic (exact) mass is 182 g/mol. The van der Waals surface area contributed by atoms with Crippen molar-refractivity contribution < 1.29 is 9.13 Å². The molecule has 2 aromatic heterocycles. The van der Waals surface area contributed by atoms with Crippen molar-refractivity contribution in [2.24, 2.45) is 7.05 Å². The summed E-state index contributed by atoms with van der Waals surface area (Å²) in [6.45, 7) is 0. The first-order valence-corrected chi connectivity index (χ1v) is 3.61. The van der Waals surface area contributed by atoms with Crippen LogP contribution < -0.4 is 4.74 Å². The number of aromatic nitrogens is 4. The standard InChI is InChI=1S/C7H7FN4O/c1-12-3-9-4-5(12)10-7(8)11-6(4)13-2/h3H,1-2H3. The molecule has 2 aromatic rings. The van der Waals surface area contributed by atoms with E-state index in [1.54, 1.807) is 11.6 Å². The average Bonchev–Trinajstić information content (AvgIpc) is 2.47. The van der Waals surface area contributed by atoms with Gasteiger partial charge in [0.25, 0.3) is 0 Å². The quantitative estimate of drug-likeness (QED) is 0.603. The molecule has 2 rings (SSSR count). The molecule has 6 heteroatoms. The highest BCUT2D eigenvalue weighted by Gasteiger charge is 2.11. The van der Waals surface area contributed by atoms with Crippen LogP contribution in [0.2, 0.25) is 0 Å². The first kappa shape index (κ1) is 7.90. The Kier molecular flexibility index (Phi) is 1.61. The van der Waals surface area contributed by atoms with Gasteiger partial charge in [0, 0.05) is 7.05 Å². The van der Waals surface area contributed by atoms with Gasteiger partial charge in [0.2, 0.25) is 5.88 Å². The second-order valence-electron chi connectivity index (χ2n) is 2.53. The van der Waals surface area contributed by atoms with Crippen LogP contribution in [0.5, 0.6) is 5.88 Å². The van der Waals surface area contributed by atoms with Crippen molar-refractivity contribution >= 4 is 11.2 Å². The maximum absolute atomic E-state index is 12.8. The predicted octanol–water partition coefficient (Wildman–Crippen LogP) is 0.511. The van der Waals surface area contributed by atoms with E-state index < -0.39 is 6.08 Å². The molecule has 2 heterocycles. The number of fused-ring (bicyclic) bond motifs is 1. The average molecular weight is 182 g/mol. The summed E-state index contributed by atoms with van der Waals surface area (Å²) in [4.78, 5) is 11.0. The van der Waals surface area contributed by atoms with E-state index >= 15 is 0 Å². The molecule has 0 fully saturated rings. The molecule has 13 heavy (non-hydrogen) atoms. The Hall–Kier alpha value is -1.72. The lowest BCUT2D eigenvalue weighted by Gasteiger charge is -1.98. The van der Waals surface area contributed by atoms with Gasteiger partial charge in [-0.2, -0.15) is 14.4 Å². The minimum atomic E-state index is -0.812. The Balaban J connectivity index is 2.84. The molecular weight excluding hydrogens is 175 g/mol. The lowest BCUT2D eigenvalue weighted by Crippen LogP contribution is -1.97. The molecule has 0 N–H and O–H groups in total. The highest BCUT2D eigenvalue weighted by atomic mass is 19.1. The van der Waals surface area contributed by atoms with Crippen LogP contribution in [-0.4, -0.2) is 26.6 Å². The van der Waals surface area contributed by atoms with E-state index in [-0.39, 0.29) is 5.88 Å². The molecule has 68 valence electrons. The second kappa shape index (κ2) is 2.65. The predicted molar refractivity (Wildman–Crippen MR) is 42.8 cm³/mol. The number of aryl methyl sites for hydroxylation is 1. The fourth-order valence-corrected chi connectivity index (χ4v) is 1.10. The summed E-state index contributed by atoms with van der Waals surface area (Å²) in [5, 5.41) is 0. The first-order valence-electron chi connectivity index (χ1n) is 3.61.